The highest BCUT2D eigenvalue weighted by atomic mass is 35.5. The lowest BCUT2D eigenvalue weighted by Gasteiger charge is -2.10. The number of halogens is 1. The number of rotatable bonds is 4. The molecule has 1 aromatic carbocycles. The molecule has 0 spiro atoms. The zero-order chi connectivity index (χ0) is 16.3. The summed E-state index contributed by atoms with van der Waals surface area (Å²) in [6, 6.07) is 4.97. The maximum atomic E-state index is 12.1. The lowest BCUT2D eigenvalue weighted by atomic mass is 10.2. The maximum absolute atomic E-state index is 12.1. The van der Waals surface area contributed by atoms with Crippen molar-refractivity contribution in [2.75, 3.05) is 26.5 Å². The van der Waals surface area contributed by atoms with Gasteiger partial charge in [-0.2, -0.15) is 0 Å². The number of carbonyl (C=O) groups excluding carboxylic acids is 2. The number of hydrogen-bond donors (Lipinski definition) is 1. The molecule has 0 saturated carbocycles. The van der Waals surface area contributed by atoms with Crippen molar-refractivity contribution in [3.63, 3.8) is 0 Å². The number of nitrogens with one attached hydrogen (secondary N) is 1. The van der Waals surface area contributed by atoms with E-state index in [9.17, 15) is 9.59 Å². The Morgan fingerprint density at radius 3 is 2.82 bits per heavy atom. The molecule has 1 N–H and O–H groups in total. The topological polar surface area (TPSA) is 71.0 Å². The van der Waals surface area contributed by atoms with Crippen LogP contribution in [-0.2, 0) is 9.59 Å². The molecule has 8 heteroatoms. The summed E-state index contributed by atoms with van der Waals surface area (Å²) in [5.41, 5.74) is 0.559. The van der Waals surface area contributed by atoms with Crippen molar-refractivity contribution >= 4 is 46.0 Å². The van der Waals surface area contributed by atoms with Crippen LogP contribution in [0, 0.1) is 0 Å². The highest BCUT2D eigenvalue weighted by molar-refractivity contribution is 8.15. The molecule has 1 fully saturated rings. The molecule has 2 amide bonds. The number of aliphatic imine (C=N–C) groups is 1. The molecule has 6 nitrogen and oxygen atoms in total. The Kier molecular flexibility index (Phi) is 5.31. The monoisotopic (exact) mass is 341 g/mol. The second-order valence-electron chi connectivity index (χ2n) is 4.61. The number of benzene rings is 1. The van der Waals surface area contributed by atoms with E-state index >= 15 is 0 Å². The van der Waals surface area contributed by atoms with Crippen LogP contribution in [0.3, 0.4) is 0 Å². The average Bonchev–Trinajstić information content (AvgIpc) is 2.75. The van der Waals surface area contributed by atoms with Gasteiger partial charge in [0.15, 0.2) is 5.17 Å². The first-order valence-electron chi connectivity index (χ1n) is 6.50. The Bertz CT molecular complexity index is 636. The van der Waals surface area contributed by atoms with Gasteiger partial charge in [0.2, 0.25) is 11.8 Å². The van der Waals surface area contributed by atoms with E-state index in [1.807, 2.05) is 0 Å². The molecule has 0 radical (unpaired) electrons. The number of carbonyl (C=O) groups is 2. The summed E-state index contributed by atoms with van der Waals surface area (Å²) < 4.78 is 5.05. The molecule has 1 saturated heterocycles. The van der Waals surface area contributed by atoms with Crippen LogP contribution in [0.25, 0.3) is 0 Å². The Hall–Kier alpha value is -1.73. The van der Waals surface area contributed by atoms with E-state index in [2.05, 4.69) is 10.3 Å². The molecule has 1 aliphatic heterocycles. The number of amides is 2. The van der Waals surface area contributed by atoms with E-state index in [1.165, 1.54) is 23.8 Å². The quantitative estimate of drug-likeness (QED) is 0.911. The van der Waals surface area contributed by atoms with Crippen LogP contribution in [0.15, 0.2) is 23.2 Å². The number of methoxy groups -OCH3 is 1. The third kappa shape index (κ3) is 3.53. The van der Waals surface area contributed by atoms with Crippen LogP contribution in [0.5, 0.6) is 5.75 Å². The minimum Gasteiger partial charge on any atom is -0.495 e. The van der Waals surface area contributed by atoms with Crippen molar-refractivity contribution in [3.05, 3.63) is 23.2 Å². The van der Waals surface area contributed by atoms with Crippen molar-refractivity contribution < 1.29 is 14.3 Å². The third-order valence-electron chi connectivity index (χ3n) is 3.14. The number of ether oxygens (including phenoxy) is 1. The van der Waals surface area contributed by atoms with Gasteiger partial charge in [0.05, 0.1) is 12.1 Å². The number of hydrogen-bond acceptors (Lipinski definition) is 5. The predicted molar refractivity (Wildman–Crippen MR) is 88.8 cm³/mol. The molecule has 1 atom stereocenters. The molecule has 0 aliphatic carbocycles. The molecule has 1 aliphatic rings. The molecule has 22 heavy (non-hydrogen) atoms. The first-order chi connectivity index (χ1) is 10.5. The van der Waals surface area contributed by atoms with E-state index in [-0.39, 0.29) is 18.2 Å². The van der Waals surface area contributed by atoms with Gasteiger partial charge in [-0.05, 0) is 18.2 Å². The summed E-state index contributed by atoms with van der Waals surface area (Å²) in [5.74, 6) is 0.165. The van der Waals surface area contributed by atoms with E-state index in [0.29, 0.717) is 21.6 Å². The molecule has 0 unspecified atom stereocenters. The fraction of sp³-hybridized carbons (Fsp3) is 0.357. The molecular formula is C14H16ClN3O3S. The first kappa shape index (κ1) is 16.6. The summed E-state index contributed by atoms with van der Waals surface area (Å²) in [7, 11) is 4.79. The molecule has 1 aromatic rings. The molecule has 1 heterocycles. The fourth-order valence-electron chi connectivity index (χ4n) is 2.02. The van der Waals surface area contributed by atoms with Gasteiger partial charge in [-0.15, -0.1) is 0 Å². The van der Waals surface area contributed by atoms with E-state index in [0.717, 1.165) is 0 Å². The molecule has 0 aromatic heterocycles. The minimum atomic E-state index is -0.447. The van der Waals surface area contributed by atoms with Gasteiger partial charge < -0.3 is 10.1 Å². The zero-order valence-electron chi connectivity index (χ0n) is 12.4. The Balaban J connectivity index is 1.99. The lowest BCUT2D eigenvalue weighted by molar-refractivity contribution is -0.127. The molecule has 118 valence electrons. The van der Waals surface area contributed by atoms with Crippen molar-refractivity contribution in [2.45, 2.75) is 11.7 Å². The number of anilines is 1. The second-order valence-corrected chi connectivity index (χ2v) is 6.19. The molecule has 2 rings (SSSR count). The van der Waals surface area contributed by atoms with Gasteiger partial charge >= 0.3 is 0 Å². The molecule has 0 bridgehead atoms. The van der Waals surface area contributed by atoms with Gasteiger partial charge in [-0.1, -0.05) is 23.4 Å². The first-order valence-corrected chi connectivity index (χ1v) is 7.76. The van der Waals surface area contributed by atoms with Crippen LogP contribution in [0.1, 0.15) is 6.42 Å². The third-order valence-corrected chi connectivity index (χ3v) is 4.75. The van der Waals surface area contributed by atoms with Crippen LogP contribution >= 0.6 is 23.4 Å². The van der Waals surface area contributed by atoms with Crippen molar-refractivity contribution in [1.29, 1.82) is 0 Å². The van der Waals surface area contributed by atoms with E-state index < -0.39 is 5.25 Å². The van der Waals surface area contributed by atoms with Crippen molar-refractivity contribution in [2.24, 2.45) is 4.99 Å². The zero-order valence-corrected chi connectivity index (χ0v) is 14.0. The maximum Gasteiger partial charge on any atom is 0.242 e. The number of amidine groups is 1. The standard InChI is InChI=1S/C14H16ClN3O3S/c1-16-14-18(2)13(20)11(22-14)7-12(19)17-8-4-5-10(21-3)9(15)6-8/h4-6,11H,7H2,1-3H3,(H,17,19)/t11-/m0/s1. The summed E-state index contributed by atoms with van der Waals surface area (Å²) >= 11 is 7.30. The van der Waals surface area contributed by atoms with Gasteiger partial charge in [0.1, 0.15) is 11.0 Å². The Morgan fingerprint density at radius 1 is 1.55 bits per heavy atom. The highest BCUT2D eigenvalue weighted by Crippen LogP contribution is 2.30. The van der Waals surface area contributed by atoms with E-state index in [1.54, 1.807) is 32.3 Å². The second kappa shape index (κ2) is 7.02. The number of nitrogens with zero attached hydrogens (tertiary/aromatic N) is 2. The number of thioether (sulfide) groups is 1. The summed E-state index contributed by atoms with van der Waals surface area (Å²) in [6.07, 6.45) is 0.0799. The van der Waals surface area contributed by atoms with Gasteiger partial charge in [0, 0.05) is 26.2 Å². The van der Waals surface area contributed by atoms with Crippen LogP contribution in [-0.4, -0.2) is 48.3 Å². The van der Waals surface area contributed by atoms with E-state index in [4.69, 9.17) is 16.3 Å². The van der Waals surface area contributed by atoms with Gasteiger partial charge in [-0.25, -0.2) is 0 Å². The van der Waals surface area contributed by atoms with Crippen LogP contribution in [0.4, 0.5) is 5.69 Å². The fourth-order valence-corrected chi connectivity index (χ4v) is 3.38. The van der Waals surface area contributed by atoms with Crippen LogP contribution in [0.2, 0.25) is 5.02 Å². The predicted octanol–water partition coefficient (Wildman–Crippen LogP) is 2.24. The summed E-state index contributed by atoms with van der Waals surface area (Å²) in [5, 5.41) is 3.31. The largest absolute Gasteiger partial charge is 0.495 e. The smallest absolute Gasteiger partial charge is 0.242 e. The van der Waals surface area contributed by atoms with Gasteiger partial charge in [0.25, 0.3) is 0 Å². The van der Waals surface area contributed by atoms with Crippen LogP contribution < -0.4 is 10.1 Å². The lowest BCUT2D eigenvalue weighted by Crippen LogP contribution is -2.30. The van der Waals surface area contributed by atoms with Crippen molar-refractivity contribution in [1.82, 2.24) is 4.90 Å². The Morgan fingerprint density at radius 2 is 2.27 bits per heavy atom. The summed E-state index contributed by atoms with van der Waals surface area (Å²) in [4.78, 5) is 29.6. The van der Waals surface area contributed by atoms with Crippen molar-refractivity contribution in [3.8, 4) is 5.75 Å². The average molecular weight is 342 g/mol. The highest BCUT2D eigenvalue weighted by Gasteiger charge is 2.36. The molecular weight excluding hydrogens is 326 g/mol. The summed E-state index contributed by atoms with van der Waals surface area (Å²) in [6.45, 7) is 0. The normalized spacial score (nSPS) is 19.6. The Labute approximate surface area is 137 Å². The van der Waals surface area contributed by atoms with Gasteiger partial charge in [-0.3, -0.25) is 19.5 Å². The minimum absolute atomic E-state index is 0.0799. The SMILES string of the molecule is CN=C1S[C@@H](CC(=O)Nc2ccc(OC)c(Cl)c2)C(=O)N1C.